The lowest BCUT2D eigenvalue weighted by atomic mass is 9.33. The van der Waals surface area contributed by atoms with E-state index in [9.17, 15) is 0 Å². The van der Waals surface area contributed by atoms with Crippen molar-refractivity contribution in [3.8, 4) is 0 Å². The molecule has 5 aromatic carbocycles. The molecule has 0 aliphatic carbocycles. The zero-order valence-electron chi connectivity index (χ0n) is 36.1. The van der Waals surface area contributed by atoms with Gasteiger partial charge in [-0.2, -0.15) is 0 Å². The summed E-state index contributed by atoms with van der Waals surface area (Å²) in [5, 5.41) is 0. The summed E-state index contributed by atoms with van der Waals surface area (Å²) in [6.07, 6.45) is 0. The molecule has 2 aliphatic heterocycles. The molecule has 0 atom stereocenters. The number of nitrogens with zero attached hydrogens (tertiary/aromatic N) is 2. The molecule has 0 bridgehead atoms. The summed E-state index contributed by atoms with van der Waals surface area (Å²) in [6, 6.07) is 36.1. The maximum atomic E-state index is 2.61. The molecule has 0 aromatic heterocycles. The third kappa shape index (κ3) is 6.50. The van der Waals surface area contributed by atoms with E-state index in [0.717, 1.165) is 0 Å². The van der Waals surface area contributed by atoms with E-state index in [0.29, 0.717) is 0 Å². The molecule has 0 radical (unpaired) electrons. The van der Waals surface area contributed by atoms with E-state index in [1.807, 2.05) is 0 Å². The van der Waals surface area contributed by atoms with Crippen LogP contribution in [0.25, 0.3) is 0 Å². The van der Waals surface area contributed by atoms with Crippen LogP contribution in [0.15, 0.2) is 91.0 Å². The number of anilines is 6. The summed E-state index contributed by atoms with van der Waals surface area (Å²) < 4.78 is 0. The Morgan fingerprint density at radius 2 is 0.852 bits per heavy atom. The van der Waals surface area contributed by atoms with E-state index >= 15 is 0 Å². The van der Waals surface area contributed by atoms with Crippen molar-refractivity contribution in [3.05, 3.63) is 124 Å². The van der Waals surface area contributed by atoms with E-state index in [2.05, 4.69) is 212 Å². The standard InChI is InChI=1S/C51H63BN2/c1-32-27-44-46-45(28-32)54(37-23-24-38(50(11,12)13)39(31-37)51(14,15)16)43-30-35(49(8,9)10)19-25-40(43)52(46)41-29-34(48(5,6)7)20-26-42(41)53(44)36-21-17-33(18-22-36)47(2,3)4/h17-31H,1-16H3. The smallest absolute Gasteiger partial charge is 0.252 e. The first-order chi connectivity index (χ1) is 24.9. The maximum Gasteiger partial charge on any atom is 0.252 e. The van der Waals surface area contributed by atoms with Crippen molar-refractivity contribution in [2.45, 2.75) is 138 Å². The van der Waals surface area contributed by atoms with Crippen LogP contribution in [0.1, 0.15) is 137 Å². The van der Waals surface area contributed by atoms with Crippen molar-refractivity contribution in [3.63, 3.8) is 0 Å². The highest BCUT2D eigenvalue weighted by molar-refractivity contribution is 7.00. The summed E-state index contributed by atoms with van der Waals surface area (Å²) in [7, 11) is 0. The third-order valence-electron chi connectivity index (χ3n) is 11.8. The van der Waals surface area contributed by atoms with Gasteiger partial charge in [-0.1, -0.05) is 146 Å². The van der Waals surface area contributed by atoms with Crippen molar-refractivity contribution >= 4 is 57.2 Å². The van der Waals surface area contributed by atoms with Crippen molar-refractivity contribution in [2.75, 3.05) is 9.80 Å². The van der Waals surface area contributed by atoms with Gasteiger partial charge in [0.15, 0.2) is 0 Å². The molecule has 2 aliphatic rings. The molecule has 0 amide bonds. The van der Waals surface area contributed by atoms with E-state index in [1.54, 1.807) is 0 Å². The van der Waals surface area contributed by atoms with E-state index in [-0.39, 0.29) is 33.8 Å². The molecule has 54 heavy (non-hydrogen) atoms. The number of fused-ring (bicyclic) bond motifs is 4. The molecular weight excluding hydrogens is 651 g/mol. The lowest BCUT2D eigenvalue weighted by Crippen LogP contribution is -2.61. The molecule has 2 heterocycles. The number of hydrogen-bond donors (Lipinski definition) is 0. The summed E-state index contributed by atoms with van der Waals surface area (Å²) in [6.45, 7) is 37.4. The van der Waals surface area contributed by atoms with E-state index in [1.165, 1.54) is 83.9 Å². The highest BCUT2D eigenvalue weighted by atomic mass is 15.2. The predicted molar refractivity (Wildman–Crippen MR) is 239 cm³/mol. The Morgan fingerprint density at radius 1 is 0.370 bits per heavy atom. The van der Waals surface area contributed by atoms with Crippen LogP contribution >= 0.6 is 0 Å². The molecule has 2 nitrogen and oxygen atoms in total. The van der Waals surface area contributed by atoms with Gasteiger partial charge in [-0.25, -0.2) is 0 Å². The minimum Gasteiger partial charge on any atom is -0.311 e. The molecule has 0 fully saturated rings. The molecular formula is C51H63BN2. The average molecular weight is 715 g/mol. The van der Waals surface area contributed by atoms with Gasteiger partial charge in [-0.05, 0) is 132 Å². The Morgan fingerprint density at radius 3 is 1.39 bits per heavy atom. The fraction of sp³-hybridized carbons (Fsp3) is 0.412. The van der Waals surface area contributed by atoms with Crippen LogP contribution in [0.5, 0.6) is 0 Å². The normalized spacial score (nSPS) is 14.6. The first kappa shape index (κ1) is 38.1. The van der Waals surface area contributed by atoms with Crippen LogP contribution in [-0.4, -0.2) is 6.71 Å². The van der Waals surface area contributed by atoms with Gasteiger partial charge < -0.3 is 9.80 Å². The van der Waals surface area contributed by atoms with Gasteiger partial charge in [-0.15, -0.1) is 0 Å². The quantitative estimate of drug-likeness (QED) is 0.165. The Kier molecular flexibility index (Phi) is 8.73. The molecule has 280 valence electrons. The SMILES string of the molecule is Cc1cc2c3c(c1)N(c1ccc(C(C)(C)C)c(C(C)(C)C)c1)c1cc(C(C)(C)C)ccc1B3c1cc(C(C)(C)C)ccc1N2c1ccc(C(C)(C)C)cc1. The molecule has 0 spiro atoms. The van der Waals surface area contributed by atoms with E-state index < -0.39 is 0 Å². The topological polar surface area (TPSA) is 6.48 Å². The van der Waals surface area contributed by atoms with Crippen LogP contribution in [0, 0.1) is 6.92 Å². The fourth-order valence-electron chi connectivity index (χ4n) is 8.68. The van der Waals surface area contributed by atoms with Crippen molar-refractivity contribution in [1.29, 1.82) is 0 Å². The first-order valence-corrected chi connectivity index (χ1v) is 20.1. The van der Waals surface area contributed by atoms with Crippen LogP contribution in [0.2, 0.25) is 0 Å². The molecule has 0 saturated carbocycles. The Balaban J connectivity index is 1.59. The zero-order chi connectivity index (χ0) is 39.5. The average Bonchev–Trinajstić information content (AvgIpc) is 3.05. The van der Waals surface area contributed by atoms with Crippen LogP contribution < -0.4 is 26.2 Å². The first-order valence-electron chi connectivity index (χ1n) is 20.1. The van der Waals surface area contributed by atoms with Crippen molar-refractivity contribution in [2.24, 2.45) is 0 Å². The summed E-state index contributed by atoms with van der Waals surface area (Å²) in [5.74, 6) is 0. The van der Waals surface area contributed by atoms with Gasteiger partial charge in [-0.3, -0.25) is 0 Å². The van der Waals surface area contributed by atoms with Gasteiger partial charge in [0.05, 0.1) is 0 Å². The highest BCUT2D eigenvalue weighted by Crippen LogP contribution is 2.47. The second-order valence-corrected chi connectivity index (χ2v) is 21.4. The molecule has 3 heteroatoms. The van der Waals surface area contributed by atoms with Gasteiger partial charge in [0.2, 0.25) is 0 Å². The molecule has 5 aromatic rings. The predicted octanol–water partition coefficient (Wildman–Crippen LogP) is 12.6. The lowest BCUT2D eigenvalue weighted by molar-refractivity contribution is 0.530. The fourth-order valence-corrected chi connectivity index (χ4v) is 8.68. The monoisotopic (exact) mass is 715 g/mol. The number of hydrogen-bond acceptors (Lipinski definition) is 2. The van der Waals surface area contributed by atoms with Gasteiger partial charge >= 0.3 is 0 Å². The molecule has 0 unspecified atom stereocenters. The summed E-state index contributed by atoms with van der Waals surface area (Å²) in [5.41, 5.74) is 19.9. The minimum atomic E-state index is -0.0165. The Bertz CT molecular complexity index is 2260. The second-order valence-electron chi connectivity index (χ2n) is 21.4. The van der Waals surface area contributed by atoms with Gasteiger partial charge in [0.1, 0.15) is 0 Å². The third-order valence-corrected chi connectivity index (χ3v) is 11.8. The molecule has 0 saturated heterocycles. The van der Waals surface area contributed by atoms with Crippen molar-refractivity contribution in [1.82, 2.24) is 0 Å². The second kappa shape index (κ2) is 12.4. The minimum absolute atomic E-state index is 0.00526. The highest BCUT2D eigenvalue weighted by Gasteiger charge is 2.44. The largest absolute Gasteiger partial charge is 0.311 e. The van der Waals surface area contributed by atoms with E-state index in [4.69, 9.17) is 0 Å². The lowest BCUT2D eigenvalue weighted by Gasteiger charge is -2.45. The Labute approximate surface area is 328 Å². The van der Waals surface area contributed by atoms with Gasteiger partial charge in [0.25, 0.3) is 6.71 Å². The maximum absolute atomic E-state index is 2.61. The molecule has 0 N–H and O–H groups in total. The number of aryl methyl sites for hydroxylation is 1. The van der Waals surface area contributed by atoms with Gasteiger partial charge in [0, 0.05) is 34.1 Å². The van der Waals surface area contributed by atoms with Crippen LogP contribution in [0.3, 0.4) is 0 Å². The molecule has 7 rings (SSSR count). The van der Waals surface area contributed by atoms with Crippen molar-refractivity contribution < 1.29 is 0 Å². The zero-order valence-corrected chi connectivity index (χ0v) is 36.1. The number of benzene rings is 5. The summed E-state index contributed by atoms with van der Waals surface area (Å²) in [4.78, 5) is 5.15. The van der Waals surface area contributed by atoms with Crippen LogP contribution in [-0.2, 0) is 27.1 Å². The summed E-state index contributed by atoms with van der Waals surface area (Å²) >= 11 is 0. The number of rotatable bonds is 2. The Hall–Kier alpha value is -4.24. The van der Waals surface area contributed by atoms with Crippen LogP contribution in [0.4, 0.5) is 34.1 Å².